The lowest BCUT2D eigenvalue weighted by Gasteiger charge is -2.21. The van der Waals surface area contributed by atoms with Crippen molar-refractivity contribution in [3.63, 3.8) is 0 Å². The van der Waals surface area contributed by atoms with Crippen LogP contribution in [0, 0.1) is 0 Å². The van der Waals surface area contributed by atoms with E-state index in [-0.39, 0.29) is 0 Å². The van der Waals surface area contributed by atoms with Crippen molar-refractivity contribution in [2.75, 3.05) is 32.7 Å². The molecule has 3 heteroatoms. The van der Waals surface area contributed by atoms with Crippen LogP contribution in [0.4, 0.5) is 0 Å². The Balaban J connectivity index is 3.34. The minimum atomic E-state index is 0.798. The van der Waals surface area contributed by atoms with Gasteiger partial charge in [0.05, 0.1) is 0 Å². The van der Waals surface area contributed by atoms with Gasteiger partial charge in [0, 0.05) is 0 Å². The molecule has 0 bridgehead atoms. The molecule has 0 aliphatic heterocycles. The van der Waals surface area contributed by atoms with Crippen molar-refractivity contribution in [1.82, 2.24) is 4.90 Å². The number of hydrogen-bond donors (Lipinski definition) is 2. The third-order valence-electron chi connectivity index (χ3n) is 5.34. The first-order chi connectivity index (χ1) is 13.3. The van der Waals surface area contributed by atoms with Crippen LogP contribution in [0.2, 0.25) is 0 Å². The van der Waals surface area contributed by atoms with Crippen molar-refractivity contribution in [2.24, 2.45) is 11.5 Å². The molecule has 0 saturated heterocycles. The second-order valence-corrected chi connectivity index (χ2v) is 8.06. The fourth-order valence-corrected chi connectivity index (χ4v) is 3.55. The predicted octanol–water partition coefficient (Wildman–Crippen LogP) is 6.02. The Morgan fingerprint density at radius 2 is 0.926 bits per heavy atom. The molecule has 0 radical (unpaired) electrons. The quantitative estimate of drug-likeness (QED) is 0.178. The van der Waals surface area contributed by atoms with Gasteiger partial charge in [-0.1, -0.05) is 76.9 Å². The van der Waals surface area contributed by atoms with Gasteiger partial charge in [0.25, 0.3) is 0 Å². The minimum absolute atomic E-state index is 0.798. The fourth-order valence-electron chi connectivity index (χ4n) is 3.55. The third kappa shape index (κ3) is 21.8. The van der Waals surface area contributed by atoms with Crippen LogP contribution in [-0.2, 0) is 0 Å². The Morgan fingerprint density at radius 3 is 1.41 bits per heavy atom. The van der Waals surface area contributed by atoms with Crippen LogP contribution in [0.1, 0.15) is 110 Å². The van der Waals surface area contributed by atoms with Crippen LogP contribution < -0.4 is 11.5 Å². The molecule has 0 aromatic heterocycles. The van der Waals surface area contributed by atoms with Crippen LogP contribution in [-0.4, -0.2) is 37.6 Å². The van der Waals surface area contributed by atoms with E-state index in [1.807, 2.05) is 0 Å². The number of nitrogens with zero attached hydrogens (tertiary/aromatic N) is 1. The van der Waals surface area contributed by atoms with Gasteiger partial charge in [0.1, 0.15) is 0 Å². The highest BCUT2D eigenvalue weighted by Crippen LogP contribution is 2.10. The molecule has 162 valence electrons. The molecule has 0 atom stereocenters. The third-order valence-corrected chi connectivity index (χ3v) is 5.34. The maximum Gasteiger partial charge on any atom is -0.000671 e. The van der Waals surface area contributed by atoms with E-state index in [1.165, 1.54) is 96.4 Å². The molecule has 0 rings (SSSR count). The van der Waals surface area contributed by atoms with Gasteiger partial charge < -0.3 is 16.4 Å². The molecular formula is C24H51N3. The summed E-state index contributed by atoms with van der Waals surface area (Å²) in [6.45, 7) is 7.38. The summed E-state index contributed by atoms with van der Waals surface area (Å²) in [4.78, 5) is 2.55. The zero-order chi connectivity index (χ0) is 19.8. The Labute approximate surface area is 171 Å². The smallest absolute Gasteiger partial charge is 0.000671 e. The zero-order valence-electron chi connectivity index (χ0n) is 18.6. The molecule has 0 amide bonds. The summed E-state index contributed by atoms with van der Waals surface area (Å²) in [5.74, 6) is 0. The topological polar surface area (TPSA) is 55.3 Å². The van der Waals surface area contributed by atoms with Gasteiger partial charge in [-0.05, 0) is 77.7 Å². The van der Waals surface area contributed by atoms with Gasteiger partial charge >= 0.3 is 0 Å². The molecule has 0 saturated carbocycles. The maximum atomic E-state index is 5.64. The second-order valence-electron chi connectivity index (χ2n) is 8.06. The molecule has 27 heavy (non-hydrogen) atoms. The Morgan fingerprint density at radius 1 is 0.519 bits per heavy atom. The molecular weight excluding hydrogens is 330 g/mol. The zero-order valence-corrected chi connectivity index (χ0v) is 18.6. The molecule has 3 nitrogen and oxygen atoms in total. The van der Waals surface area contributed by atoms with Gasteiger partial charge in [-0.3, -0.25) is 0 Å². The first kappa shape index (κ1) is 26.6. The van der Waals surface area contributed by atoms with E-state index in [0.29, 0.717) is 0 Å². The monoisotopic (exact) mass is 381 g/mol. The highest BCUT2D eigenvalue weighted by Gasteiger charge is 2.03. The summed E-state index contributed by atoms with van der Waals surface area (Å²) in [7, 11) is 0. The molecule has 0 aromatic rings. The predicted molar refractivity (Wildman–Crippen MR) is 123 cm³/mol. The van der Waals surface area contributed by atoms with Gasteiger partial charge in [-0.15, -0.1) is 0 Å². The average Bonchev–Trinajstić information content (AvgIpc) is 2.69. The summed E-state index contributed by atoms with van der Waals surface area (Å²) in [5.41, 5.74) is 11.3. The Hall–Kier alpha value is -0.380. The first-order valence-electron chi connectivity index (χ1n) is 12.1. The largest absolute Gasteiger partial charge is 0.330 e. The van der Waals surface area contributed by atoms with E-state index in [2.05, 4.69) is 24.0 Å². The van der Waals surface area contributed by atoms with Crippen LogP contribution in [0.3, 0.4) is 0 Å². The molecule has 4 N–H and O–H groups in total. The summed E-state index contributed by atoms with van der Waals surface area (Å²) in [6.07, 6.45) is 26.3. The van der Waals surface area contributed by atoms with Crippen molar-refractivity contribution in [2.45, 2.75) is 110 Å². The van der Waals surface area contributed by atoms with Gasteiger partial charge in [-0.25, -0.2) is 0 Å². The summed E-state index contributed by atoms with van der Waals surface area (Å²) < 4.78 is 0. The maximum absolute atomic E-state index is 5.64. The van der Waals surface area contributed by atoms with E-state index >= 15 is 0 Å². The van der Waals surface area contributed by atoms with E-state index < -0.39 is 0 Å². The summed E-state index contributed by atoms with van der Waals surface area (Å²) in [6, 6.07) is 0. The molecule has 0 heterocycles. The number of unbranched alkanes of at least 4 members (excludes halogenated alkanes) is 12. The van der Waals surface area contributed by atoms with Crippen molar-refractivity contribution < 1.29 is 0 Å². The number of allylic oxidation sites excluding steroid dienone is 2. The molecule has 0 aliphatic rings. The van der Waals surface area contributed by atoms with E-state index in [0.717, 1.165) is 39.0 Å². The number of rotatable bonds is 22. The van der Waals surface area contributed by atoms with Gasteiger partial charge in [0.15, 0.2) is 0 Å². The van der Waals surface area contributed by atoms with Crippen LogP contribution >= 0.6 is 0 Å². The van der Waals surface area contributed by atoms with Crippen molar-refractivity contribution in [3.8, 4) is 0 Å². The lowest BCUT2D eigenvalue weighted by Crippen LogP contribution is -2.29. The molecule has 0 spiro atoms. The van der Waals surface area contributed by atoms with Crippen molar-refractivity contribution in [1.29, 1.82) is 0 Å². The SMILES string of the molecule is CCCCCCCCC=CCCCCCCCCN(CCCN)CCCN. The summed E-state index contributed by atoms with van der Waals surface area (Å²) >= 11 is 0. The van der Waals surface area contributed by atoms with E-state index in [9.17, 15) is 0 Å². The number of hydrogen-bond acceptors (Lipinski definition) is 3. The van der Waals surface area contributed by atoms with E-state index in [4.69, 9.17) is 11.5 Å². The van der Waals surface area contributed by atoms with E-state index in [1.54, 1.807) is 0 Å². The Kier molecular flexibility index (Phi) is 23.3. The Bertz CT molecular complexity index is 283. The highest BCUT2D eigenvalue weighted by molar-refractivity contribution is 4.81. The fraction of sp³-hybridized carbons (Fsp3) is 0.917. The lowest BCUT2D eigenvalue weighted by atomic mass is 10.1. The molecule has 0 unspecified atom stereocenters. The molecule has 0 fully saturated rings. The average molecular weight is 382 g/mol. The second kappa shape index (κ2) is 23.7. The minimum Gasteiger partial charge on any atom is -0.330 e. The lowest BCUT2D eigenvalue weighted by molar-refractivity contribution is 0.263. The van der Waals surface area contributed by atoms with Crippen molar-refractivity contribution >= 4 is 0 Å². The summed E-state index contributed by atoms with van der Waals surface area (Å²) in [5, 5.41) is 0. The normalized spacial score (nSPS) is 11.9. The molecule has 0 aromatic carbocycles. The van der Waals surface area contributed by atoms with Crippen LogP contribution in [0.15, 0.2) is 12.2 Å². The van der Waals surface area contributed by atoms with Crippen LogP contribution in [0.5, 0.6) is 0 Å². The van der Waals surface area contributed by atoms with Gasteiger partial charge in [-0.2, -0.15) is 0 Å². The molecule has 0 aliphatic carbocycles. The highest BCUT2D eigenvalue weighted by atomic mass is 15.1. The van der Waals surface area contributed by atoms with Crippen molar-refractivity contribution in [3.05, 3.63) is 12.2 Å². The first-order valence-corrected chi connectivity index (χ1v) is 12.1. The number of nitrogens with two attached hydrogens (primary N) is 2. The standard InChI is InChI=1S/C24H51N3/c1-2-3-4-5-6-7-8-9-10-11-12-13-14-15-16-17-22-27(23-18-20-25)24-19-21-26/h9-10H,2-8,11-26H2,1H3. The van der Waals surface area contributed by atoms with Crippen LogP contribution in [0.25, 0.3) is 0 Å². The van der Waals surface area contributed by atoms with Gasteiger partial charge in [0.2, 0.25) is 0 Å².